The van der Waals surface area contributed by atoms with Gasteiger partial charge in [-0.2, -0.15) is 13.2 Å². The lowest BCUT2D eigenvalue weighted by atomic mass is 10.1. The number of carboxylic acid groups (broad SMARTS) is 1. The average Bonchev–Trinajstić information content (AvgIpc) is 2.79. The number of methoxy groups -OCH3 is 1. The highest BCUT2D eigenvalue weighted by atomic mass is 19.4. The molecule has 0 aliphatic rings. The van der Waals surface area contributed by atoms with Gasteiger partial charge in [-0.3, -0.25) is 0 Å². The molecule has 1 aromatic heterocycles. The number of hydrogen-bond acceptors (Lipinski definition) is 5. The van der Waals surface area contributed by atoms with Crippen molar-refractivity contribution in [3.63, 3.8) is 0 Å². The largest absolute Gasteiger partial charge is 0.495 e. The van der Waals surface area contributed by atoms with Crippen LogP contribution in [0.25, 0.3) is 11.1 Å². The molecule has 11 heteroatoms. The molecule has 8 nitrogen and oxygen atoms in total. The Morgan fingerprint density at radius 3 is 2.14 bits per heavy atom. The second-order valence-electron chi connectivity index (χ2n) is 7.87. The predicted molar refractivity (Wildman–Crippen MR) is 123 cm³/mol. The number of ether oxygens (including phenoxy) is 2. The number of aromatic nitrogens is 1. The number of carbonyl (C=O) groups is 2. The van der Waals surface area contributed by atoms with Crippen molar-refractivity contribution in [2.24, 2.45) is 0 Å². The number of urea groups is 1. The minimum Gasteiger partial charge on any atom is -0.495 e. The topological polar surface area (TPSA) is 110 Å². The summed E-state index contributed by atoms with van der Waals surface area (Å²) in [5, 5.41) is 14.0. The molecule has 0 aliphatic heterocycles. The summed E-state index contributed by atoms with van der Waals surface area (Å²) < 4.78 is 49.4. The van der Waals surface area contributed by atoms with Crippen LogP contribution in [0.15, 0.2) is 60.8 Å². The minimum atomic E-state index is -4.57. The number of carboxylic acids is 1. The van der Waals surface area contributed by atoms with Crippen molar-refractivity contribution in [3.8, 4) is 22.8 Å². The fraction of sp³-hybridized carbons (Fsp3) is 0.208. The third kappa shape index (κ3) is 6.40. The van der Waals surface area contributed by atoms with E-state index in [2.05, 4.69) is 15.6 Å². The molecular weight excluding hydrogens is 467 g/mol. The molecule has 3 N–H and O–H groups in total. The molecule has 0 saturated carbocycles. The summed E-state index contributed by atoms with van der Waals surface area (Å²) in [4.78, 5) is 27.6. The van der Waals surface area contributed by atoms with Gasteiger partial charge in [-0.15, -0.1) is 0 Å². The van der Waals surface area contributed by atoms with E-state index in [4.69, 9.17) is 14.6 Å². The number of carbonyl (C=O) groups excluding carboxylic acids is 1. The molecule has 35 heavy (non-hydrogen) atoms. The Morgan fingerprint density at radius 2 is 1.60 bits per heavy atom. The van der Waals surface area contributed by atoms with E-state index in [-0.39, 0.29) is 17.3 Å². The molecule has 0 bridgehead atoms. The highest BCUT2D eigenvalue weighted by Gasteiger charge is 2.31. The first-order chi connectivity index (χ1) is 16.4. The summed E-state index contributed by atoms with van der Waals surface area (Å²) in [7, 11) is 1.28. The maximum Gasteiger partial charge on any atom is 0.416 e. The Bertz CT molecular complexity index is 1210. The standard InChI is InChI=1S/C24H22F3N3O5/c1-23(2,21(31)32)35-20-11-6-15(13-28-20)14-4-8-17(9-5-14)29-22(33)30-18-12-16(24(25,26)27)7-10-19(18)34-3/h4-13H,1-3H3,(H,31,32)(H2,29,30,33). The van der Waals surface area contributed by atoms with Crippen LogP contribution in [0.2, 0.25) is 0 Å². The van der Waals surface area contributed by atoms with E-state index in [9.17, 15) is 22.8 Å². The second-order valence-corrected chi connectivity index (χ2v) is 7.87. The Kier molecular flexibility index (Phi) is 7.18. The molecule has 0 aliphatic carbocycles. The van der Waals surface area contributed by atoms with Gasteiger partial charge in [0.25, 0.3) is 0 Å². The van der Waals surface area contributed by atoms with Crippen molar-refractivity contribution in [3.05, 3.63) is 66.4 Å². The van der Waals surface area contributed by atoms with Crippen molar-refractivity contribution < 1.29 is 37.3 Å². The van der Waals surface area contributed by atoms with Gasteiger partial charge < -0.3 is 25.2 Å². The summed E-state index contributed by atoms with van der Waals surface area (Å²) in [6.45, 7) is 2.83. The Balaban J connectivity index is 1.67. The van der Waals surface area contributed by atoms with E-state index in [1.807, 2.05) is 0 Å². The smallest absolute Gasteiger partial charge is 0.416 e. The third-order valence-corrected chi connectivity index (χ3v) is 4.86. The van der Waals surface area contributed by atoms with Gasteiger partial charge in [0.2, 0.25) is 11.5 Å². The summed E-state index contributed by atoms with van der Waals surface area (Å²) in [6.07, 6.45) is -3.05. The molecule has 0 fully saturated rings. The van der Waals surface area contributed by atoms with E-state index in [1.54, 1.807) is 36.4 Å². The number of alkyl halides is 3. The van der Waals surface area contributed by atoms with E-state index in [0.717, 1.165) is 29.3 Å². The molecule has 3 rings (SSSR count). The van der Waals surface area contributed by atoms with Crippen molar-refractivity contribution in [2.45, 2.75) is 25.6 Å². The second kappa shape index (κ2) is 9.92. The van der Waals surface area contributed by atoms with Crippen molar-refractivity contribution in [1.29, 1.82) is 0 Å². The maximum atomic E-state index is 13.0. The predicted octanol–water partition coefficient (Wildman–Crippen LogP) is 5.66. The molecular formula is C24H22F3N3O5. The van der Waals surface area contributed by atoms with Gasteiger partial charge in [-0.05, 0) is 55.8 Å². The zero-order chi connectivity index (χ0) is 25.8. The van der Waals surface area contributed by atoms with Gasteiger partial charge in [-0.1, -0.05) is 12.1 Å². The van der Waals surface area contributed by atoms with Crippen molar-refractivity contribution >= 4 is 23.4 Å². The minimum absolute atomic E-state index is 0.0789. The van der Waals surface area contributed by atoms with Gasteiger partial charge >= 0.3 is 18.2 Å². The Hall–Kier alpha value is -4.28. The van der Waals surface area contributed by atoms with Crippen LogP contribution in [-0.4, -0.2) is 34.8 Å². The summed E-state index contributed by atoms with van der Waals surface area (Å²) in [6, 6.07) is 11.9. The number of nitrogens with zero attached hydrogens (tertiary/aromatic N) is 1. The zero-order valence-corrected chi connectivity index (χ0v) is 18.9. The van der Waals surface area contributed by atoms with Gasteiger partial charge in [-0.25, -0.2) is 14.6 Å². The number of rotatable bonds is 7. The molecule has 2 amide bonds. The van der Waals surface area contributed by atoms with Crippen LogP contribution in [-0.2, 0) is 11.0 Å². The number of halogens is 3. The lowest BCUT2D eigenvalue weighted by molar-refractivity contribution is -0.152. The molecule has 0 saturated heterocycles. The van der Waals surface area contributed by atoms with Crippen LogP contribution < -0.4 is 20.1 Å². The summed E-state index contributed by atoms with van der Waals surface area (Å²) in [5.74, 6) is -0.890. The molecule has 3 aromatic rings. The first-order valence-electron chi connectivity index (χ1n) is 10.2. The van der Waals surface area contributed by atoms with Crippen LogP contribution in [0.4, 0.5) is 29.3 Å². The normalized spacial score (nSPS) is 11.5. The van der Waals surface area contributed by atoms with Gasteiger partial charge in [0, 0.05) is 23.5 Å². The van der Waals surface area contributed by atoms with E-state index in [1.165, 1.54) is 27.2 Å². The number of nitrogens with one attached hydrogen (secondary N) is 2. The number of benzene rings is 2. The highest BCUT2D eigenvalue weighted by molar-refractivity contribution is 6.00. The van der Waals surface area contributed by atoms with Crippen LogP contribution in [0.5, 0.6) is 11.6 Å². The summed E-state index contributed by atoms with van der Waals surface area (Å²) in [5.41, 5.74) is -0.610. The summed E-state index contributed by atoms with van der Waals surface area (Å²) >= 11 is 0. The third-order valence-electron chi connectivity index (χ3n) is 4.86. The Labute approximate surface area is 198 Å². The number of aliphatic carboxylic acids is 1. The quantitative estimate of drug-likeness (QED) is 0.395. The Morgan fingerprint density at radius 1 is 0.943 bits per heavy atom. The average molecular weight is 489 g/mol. The van der Waals surface area contributed by atoms with E-state index < -0.39 is 29.3 Å². The van der Waals surface area contributed by atoms with E-state index in [0.29, 0.717) is 5.69 Å². The molecule has 0 radical (unpaired) electrons. The van der Waals surface area contributed by atoms with Crippen molar-refractivity contribution in [1.82, 2.24) is 4.98 Å². The zero-order valence-electron chi connectivity index (χ0n) is 18.9. The SMILES string of the molecule is COc1ccc(C(F)(F)F)cc1NC(=O)Nc1ccc(-c2ccc(OC(C)(C)C(=O)O)nc2)cc1. The highest BCUT2D eigenvalue weighted by Crippen LogP contribution is 2.35. The van der Waals surface area contributed by atoms with Crippen LogP contribution in [0.3, 0.4) is 0 Å². The lowest BCUT2D eigenvalue weighted by Crippen LogP contribution is -2.38. The number of pyridine rings is 1. The van der Waals surface area contributed by atoms with Crippen LogP contribution in [0.1, 0.15) is 19.4 Å². The van der Waals surface area contributed by atoms with E-state index >= 15 is 0 Å². The molecule has 0 unspecified atom stereocenters. The first kappa shape index (κ1) is 25.3. The maximum absolute atomic E-state index is 13.0. The number of amides is 2. The molecule has 2 aromatic carbocycles. The van der Waals surface area contributed by atoms with Crippen molar-refractivity contribution in [2.75, 3.05) is 17.7 Å². The number of anilines is 2. The fourth-order valence-electron chi connectivity index (χ4n) is 2.93. The fourth-order valence-corrected chi connectivity index (χ4v) is 2.93. The molecule has 0 atom stereocenters. The molecule has 0 spiro atoms. The lowest BCUT2D eigenvalue weighted by Gasteiger charge is -2.20. The number of hydrogen-bond donors (Lipinski definition) is 3. The monoisotopic (exact) mass is 489 g/mol. The van der Waals surface area contributed by atoms with Gasteiger partial charge in [0.15, 0.2) is 0 Å². The van der Waals surface area contributed by atoms with Crippen LogP contribution in [0, 0.1) is 0 Å². The van der Waals surface area contributed by atoms with Gasteiger partial charge in [0.05, 0.1) is 18.4 Å². The first-order valence-corrected chi connectivity index (χ1v) is 10.2. The molecule has 184 valence electrons. The van der Waals surface area contributed by atoms with Gasteiger partial charge in [0.1, 0.15) is 5.75 Å². The van der Waals surface area contributed by atoms with Crippen LogP contribution >= 0.6 is 0 Å². The molecule has 1 heterocycles.